The fourth-order valence-electron chi connectivity index (χ4n) is 2.18. The molecule has 0 amide bonds. The number of hydrogen-bond acceptors (Lipinski definition) is 4. The molecule has 0 radical (unpaired) electrons. The minimum Gasteiger partial charge on any atom is -0.314 e. The highest BCUT2D eigenvalue weighted by Crippen LogP contribution is 2.20. The molecular weight excluding hydrogens is 202 g/mol. The Balaban J connectivity index is 2.12. The molecule has 1 aromatic heterocycles. The van der Waals surface area contributed by atoms with Crippen LogP contribution in [0.4, 0.5) is 0 Å². The van der Waals surface area contributed by atoms with E-state index in [0.717, 1.165) is 32.0 Å². The molecule has 1 aliphatic heterocycles. The summed E-state index contributed by atoms with van der Waals surface area (Å²) in [6.45, 7) is 10.9. The van der Waals surface area contributed by atoms with Crippen molar-refractivity contribution >= 4 is 0 Å². The van der Waals surface area contributed by atoms with Gasteiger partial charge in [0.05, 0.1) is 6.04 Å². The van der Waals surface area contributed by atoms with Crippen LogP contribution in [-0.2, 0) is 0 Å². The Morgan fingerprint density at radius 3 is 2.56 bits per heavy atom. The summed E-state index contributed by atoms with van der Waals surface area (Å²) in [7, 11) is 0. The fourth-order valence-corrected chi connectivity index (χ4v) is 2.18. The first kappa shape index (κ1) is 11.5. The van der Waals surface area contributed by atoms with Crippen molar-refractivity contribution in [2.75, 3.05) is 26.2 Å². The van der Waals surface area contributed by atoms with Crippen molar-refractivity contribution < 1.29 is 0 Å². The lowest BCUT2D eigenvalue weighted by Gasteiger charge is -2.32. The minimum atomic E-state index is 0.354. The molecule has 90 valence electrons. The number of aromatic nitrogens is 3. The number of piperazine rings is 1. The van der Waals surface area contributed by atoms with Crippen LogP contribution in [0.2, 0.25) is 0 Å². The summed E-state index contributed by atoms with van der Waals surface area (Å²) in [6, 6.07) is 0.780. The Morgan fingerprint density at radius 2 is 1.94 bits per heavy atom. The lowest BCUT2D eigenvalue weighted by atomic mass is 10.2. The molecule has 0 aromatic carbocycles. The predicted octanol–water partition coefficient (Wildman–Crippen LogP) is 0.825. The van der Waals surface area contributed by atoms with Crippen LogP contribution in [0.25, 0.3) is 0 Å². The summed E-state index contributed by atoms with van der Waals surface area (Å²) in [4.78, 5) is 2.46. The molecule has 16 heavy (non-hydrogen) atoms. The Hall–Kier alpha value is -0.940. The second-order valence-electron chi connectivity index (χ2n) is 4.65. The van der Waals surface area contributed by atoms with E-state index < -0.39 is 0 Å². The van der Waals surface area contributed by atoms with Crippen LogP contribution >= 0.6 is 0 Å². The quantitative estimate of drug-likeness (QED) is 0.824. The molecule has 2 heterocycles. The lowest BCUT2D eigenvalue weighted by Crippen LogP contribution is -2.45. The Bertz CT molecular complexity index is 327. The number of hydrogen-bond donors (Lipinski definition) is 1. The van der Waals surface area contributed by atoms with Gasteiger partial charge in [-0.3, -0.25) is 4.90 Å². The van der Waals surface area contributed by atoms with Gasteiger partial charge in [-0.25, -0.2) is 0 Å². The van der Waals surface area contributed by atoms with Crippen molar-refractivity contribution in [3.63, 3.8) is 0 Å². The molecule has 1 unspecified atom stereocenters. The van der Waals surface area contributed by atoms with E-state index in [1.54, 1.807) is 0 Å². The highest BCUT2D eigenvalue weighted by Gasteiger charge is 2.22. The molecule has 1 atom stereocenters. The first-order chi connectivity index (χ1) is 7.70. The molecule has 1 fully saturated rings. The lowest BCUT2D eigenvalue weighted by molar-refractivity contribution is 0.174. The van der Waals surface area contributed by atoms with Gasteiger partial charge >= 0.3 is 0 Å². The van der Waals surface area contributed by atoms with Crippen LogP contribution < -0.4 is 5.32 Å². The summed E-state index contributed by atoms with van der Waals surface area (Å²) >= 11 is 0. The van der Waals surface area contributed by atoms with Crippen molar-refractivity contribution in [2.24, 2.45) is 0 Å². The molecule has 0 aliphatic carbocycles. The van der Waals surface area contributed by atoms with Gasteiger partial charge in [-0.2, -0.15) is 0 Å². The van der Waals surface area contributed by atoms with Gasteiger partial charge < -0.3 is 9.88 Å². The van der Waals surface area contributed by atoms with Crippen molar-refractivity contribution in [1.82, 2.24) is 25.0 Å². The van der Waals surface area contributed by atoms with E-state index in [0.29, 0.717) is 12.1 Å². The maximum Gasteiger partial charge on any atom is 0.150 e. The number of nitrogens with one attached hydrogen (secondary N) is 1. The van der Waals surface area contributed by atoms with Gasteiger partial charge in [0.25, 0.3) is 0 Å². The molecule has 5 nitrogen and oxygen atoms in total. The SMILES string of the molecule is CC(c1nncn1C(C)C)N1CCNCC1. The molecule has 1 N–H and O–H groups in total. The average molecular weight is 223 g/mol. The minimum absolute atomic E-state index is 0.354. The highest BCUT2D eigenvalue weighted by molar-refractivity contribution is 4.96. The van der Waals surface area contributed by atoms with Crippen molar-refractivity contribution in [3.05, 3.63) is 12.2 Å². The molecule has 0 spiro atoms. The third-order valence-corrected chi connectivity index (χ3v) is 3.23. The third-order valence-electron chi connectivity index (χ3n) is 3.23. The van der Waals surface area contributed by atoms with Crippen molar-refractivity contribution in [3.8, 4) is 0 Å². The molecular formula is C11H21N5. The standard InChI is InChI=1S/C11H21N5/c1-9(2)16-8-13-14-11(16)10(3)15-6-4-12-5-7-15/h8-10,12H,4-7H2,1-3H3. The Morgan fingerprint density at radius 1 is 1.25 bits per heavy atom. The van der Waals surface area contributed by atoms with Crippen molar-refractivity contribution in [2.45, 2.75) is 32.9 Å². The first-order valence-corrected chi connectivity index (χ1v) is 6.04. The molecule has 1 aromatic rings. The summed E-state index contributed by atoms with van der Waals surface area (Å²) < 4.78 is 2.16. The average Bonchev–Trinajstić information content (AvgIpc) is 2.78. The molecule has 2 rings (SSSR count). The van der Waals surface area contributed by atoms with E-state index in [1.165, 1.54) is 0 Å². The predicted molar refractivity (Wildman–Crippen MR) is 63.3 cm³/mol. The third kappa shape index (κ3) is 2.25. The zero-order valence-electron chi connectivity index (χ0n) is 10.3. The van der Waals surface area contributed by atoms with Crippen LogP contribution in [0.5, 0.6) is 0 Å². The monoisotopic (exact) mass is 223 g/mol. The molecule has 0 saturated carbocycles. The summed E-state index contributed by atoms with van der Waals surface area (Å²) in [5.41, 5.74) is 0. The highest BCUT2D eigenvalue weighted by atomic mass is 15.3. The summed E-state index contributed by atoms with van der Waals surface area (Å²) in [5.74, 6) is 1.08. The van der Waals surface area contributed by atoms with E-state index in [9.17, 15) is 0 Å². The van der Waals surface area contributed by atoms with E-state index in [1.807, 2.05) is 6.33 Å². The maximum atomic E-state index is 4.26. The van der Waals surface area contributed by atoms with E-state index in [-0.39, 0.29) is 0 Å². The normalized spacial score (nSPS) is 20.2. The Labute approximate surface area is 96.8 Å². The summed E-state index contributed by atoms with van der Waals surface area (Å²) in [5, 5.41) is 11.7. The summed E-state index contributed by atoms with van der Waals surface area (Å²) in [6.07, 6.45) is 1.83. The van der Waals surface area contributed by atoms with Gasteiger partial charge in [0, 0.05) is 32.2 Å². The molecule has 5 heteroatoms. The van der Waals surface area contributed by atoms with Gasteiger partial charge in [0.1, 0.15) is 12.2 Å². The van der Waals surface area contributed by atoms with Gasteiger partial charge in [0.2, 0.25) is 0 Å². The van der Waals surface area contributed by atoms with Crippen molar-refractivity contribution in [1.29, 1.82) is 0 Å². The van der Waals surface area contributed by atoms with E-state index in [2.05, 4.69) is 45.8 Å². The maximum absolute atomic E-state index is 4.26. The zero-order valence-corrected chi connectivity index (χ0v) is 10.3. The van der Waals surface area contributed by atoms with Crippen LogP contribution in [-0.4, -0.2) is 45.8 Å². The van der Waals surface area contributed by atoms with Crippen LogP contribution in [0, 0.1) is 0 Å². The van der Waals surface area contributed by atoms with Gasteiger partial charge in [-0.15, -0.1) is 10.2 Å². The Kier molecular flexibility index (Phi) is 3.56. The second-order valence-corrected chi connectivity index (χ2v) is 4.65. The van der Waals surface area contributed by atoms with E-state index >= 15 is 0 Å². The van der Waals surface area contributed by atoms with Gasteiger partial charge in [-0.05, 0) is 20.8 Å². The number of nitrogens with zero attached hydrogens (tertiary/aromatic N) is 4. The number of rotatable bonds is 3. The van der Waals surface area contributed by atoms with Crippen LogP contribution in [0.1, 0.15) is 38.7 Å². The largest absolute Gasteiger partial charge is 0.314 e. The van der Waals surface area contributed by atoms with Gasteiger partial charge in [-0.1, -0.05) is 0 Å². The first-order valence-electron chi connectivity index (χ1n) is 6.04. The topological polar surface area (TPSA) is 46.0 Å². The van der Waals surface area contributed by atoms with Gasteiger partial charge in [0.15, 0.2) is 0 Å². The van der Waals surface area contributed by atoms with Crippen LogP contribution in [0.15, 0.2) is 6.33 Å². The van der Waals surface area contributed by atoms with E-state index in [4.69, 9.17) is 0 Å². The second kappa shape index (κ2) is 4.93. The zero-order chi connectivity index (χ0) is 11.5. The van der Waals surface area contributed by atoms with Crippen LogP contribution in [0.3, 0.4) is 0 Å². The smallest absolute Gasteiger partial charge is 0.150 e. The fraction of sp³-hybridized carbons (Fsp3) is 0.818. The molecule has 0 bridgehead atoms. The molecule has 1 aliphatic rings. The molecule has 1 saturated heterocycles.